The van der Waals surface area contributed by atoms with E-state index < -0.39 is 6.10 Å². The second-order valence-corrected chi connectivity index (χ2v) is 20.6. The third kappa shape index (κ3) is 60.7. The van der Waals surface area contributed by atoms with Gasteiger partial charge in [-0.2, -0.15) is 0 Å². The van der Waals surface area contributed by atoms with E-state index in [2.05, 4.69) is 142 Å². The Morgan fingerprint density at radius 3 is 0.803 bits per heavy atom. The van der Waals surface area contributed by atoms with Crippen LogP contribution in [0.2, 0.25) is 0 Å². The molecule has 432 valence electrons. The maximum atomic E-state index is 12.8. The minimum atomic E-state index is -0.794. The van der Waals surface area contributed by atoms with Crippen molar-refractivity contribution in [1.29, 1.82) is 0 Å². The molecule has 0 radical (unpaired) electrons. The zero-order valence-corrected chi connectivity index (χ0v) is 49.5. The predicted molar refractivity (Wildman–Crippen MR) is 330 cm³/mol. The molecule has 0 spiro atoms. The molecule has 0 aliphatic carbocycles. The van der Waals surface area contributed by atoms with Crippen molar-refractivity contribution in [3.63, 3.8) is 0 Å². The molecular weight excluding hydrogens is 937 g/mol. The summed E-state index contributed by atoms with van der Waals surface area (Å²) >= 11 is 0. The highest BCUT2D eigenvalue weighted by molar-refractivity contribution is 5.71. The first-order valence-corrected chi connectivity index (χ1v) is 31.5. The summed E-state index contributed by atoms with van der Waals surface area (Å²) in [7, 11) is 0. The van der Waals surface area contributed by atoms with E-state index in [0.717, 1.165) is 122 Å². The van der Waals surface area contributed by atoms with Crippen molar-refractivity contribution < 1.29 is 28.6 Å². The predicted octanol–water partition coefficient (Wildman–Crippen LogP) is 21.6. The summed E-state index contributed by atoms with van der Waals surface area (Å²) in [5.74, 6) is -0.932. The highest BCUT2D eigenvalue weighted by Crippen LogP contribution is 2.16. The van der Waals surface area contributed by atoms with Crippen LogP contribution in [0, 0.1) is 0 Å². The molecule has 76 heavy (non-hydrogen) atoms. The van der Waals surface area contributed by atoms with Crippen LogP contribution in [0.25, 0.3) is 0 Å². The number of esters is 3. The Hall–Kier alpha value is -4.19. The first-order valence-electron chi connectivity index (χ1n) is 31.5. The minimum absolute atomic E-state index is 0.0896. The van der Waals surface area contributed by atoms with Gasteiger partial charge in [-0.05, 0) is 96.3 Å². The number of unbranched alkanes of at least 4 members (excludes halogenated alkanes) is 25. The number of carbonyl (C=O) groups excluding carboxylic acids is 3. The largest absolute Gasteiger partial charge is 0.462 e. The minimum Gasteiger partial charge on any atom is -0.462 e. The number of ether oxygens (including phenoxy) is 3. The first kappa shape index (κ1) is 71.8. The van der Waals surface area contributed by atoms with E-state index in [1.807, 2.05) is 0 Å². The lowest BCUT2D eigenvalue weighted by atomic mass is 10.0. The van der Waals surface area contributed by atoms with Crippen LogP contribution in [0.15, 0.2) is 122 Å². The molecule has 0 heterocycles. The van der Waals surface area contributed by atoms with Gasteiger partial charge in [0.25, 0.3) is 0 Å². The van der Waals surface area contributed by atoms with Crippen molar-refractivity contribution >= 4 is 17.9 Å². The standard InChI is InChI=1S/C70H116O6/c1-4-7-10-13-16-19-22-24-26-27-28-29-30-31-32-33-34-35-36-37-38-39-40-41-42-43-45-46-48-51-54-57-60-63-69(72)75-66-67(65-74-68(71)62-59-56-53-50-21-18-15-12-9-6-3)76-70(73)64-61-58-55-52-49-47-44-25-23-20-17-14-11-8-5-2/h7,10,16,19,24,26,28-29,31-32,34-35,37-38,40-41,43,45,48,51,67H,4-6,8-9,11-15,17-18,20-23,25,27,30,33,36,39,42,44,46-47,49-50,52-66H2,1-3H3/b10-7-,19-16-,26-24-,29-28-,32-31-,35-34-,38-37-,41-40-,45-43-,51-48-. The Morgan fingerprint density at radius 2 is 0.513 bits per heavy atom. The number of allylic oxidation sites excluding steroid dienone is 20. The fraction of sp³-hybridized carbons (Fsp3) is 0.671. The van der Waals surface area contributed by atoms with Crippen molar-refractivity contribution in [2.45, 2.75) is 290 Å². The second-order valence-electron chi connectivity index (χ2n) is 20.6. The van der Waals surface area contributed by atoms with Crippen LogP contribution in [-0.4, -0.2) is 37.2 Å². The summed E-state index contributed by atoms with van der Waals surface area (Å²) in [5, 5.41) is 0. The number of carbonyl (C=O) groups is 3. The lowest BCUT2D eigenvalue weighted by Gasteiger charge is -2.18. The molecule has 0 aromatic heterocycles. The van der Waals surface area contributed by atoms with Gasteiger partial charge in [0.1, 0.15) is 13.2 Å². The average Bonchev–Trinajstić information content (AvgIpc) is 3.42. The molecule has 1 unspecified atom stereocenters. The van der Waals surface area contributed by atoms with Gasteiger partial charge in [-0.1, -0.05) is 290 Å². The Kier molecular flexibility index (Phi) is 59.9. The molecule has 0 aromatic carbocycles. The molecule has 6 heteroatoms. The summed E-state index contributed by atoms with van der Waals surface area (Å²) in [5.41, 5.74) is 0. The Bertz CT molecular complexity index is 1590. The highest BCUT2D eigenvalue weighted by Gasteiger charge is 2.19. The van der Waals surface area contributed by atoms with Crippen LogP contribution in [0.3, 0.4) is 0 Å². The van der Waals surface area contributed by atoms with E-state index in [1.54, 1.807) is 0 Å². The topological polar surface area (TPSA) is 78.9 Å². The van der Waals surface area contributed by atoms with E-state index in [1.165, 1.54) is 122 Å². The highest BCUT2D eigenvalue weighted by atomic mass is 16.6. The van der Waals surface area contributed by atoms with Crippen molar-refractivity contribution in [3.8, 4) is 0 Å². The van der Waals surface area contributed by atoms with Crippen LogP contribution >= 0.6 is 0 Å². The van der Waals surface area contributed by atoms with Crippen LogP contribution in [0.1, 0.15) is 284 Å². The number of rotatable bonds is 56. The van der Waals surface area contributed by atoms with Gasteiger partial charge in [-0.3, -0.25) is 14.4 Å². The third-order valence-corrected chi connectivity index (χ3v) is 13.2. The van der Waals surface area contributed by atoms with Gasteiger partial charge in [-0.25, -0.2) is 0 Å². The first-order chi connectivity index (χ1) is 37.5. The van der Waals surface area contributed by atoms with Gasteiger partial charge in [0, 0.05) is 19.3 Å². The van der Waals surface area contributed by atoms with Crippen LogP contribution in [0.5, 0.6) is 0 Å². The lowest BCUT2D eigenvalue weighted by Crippen LogP contribution is -2.30. The third-order valence-electron chi connectivity index (χ3n) is 13.2. The second kappa shape index (κ2) is 63.3. The lowest BCUT2D eigenvalue weighted by molar-refractivity contribution is -0.167. The van der Waals surface area contributed by atoms with Crippen LogP contribution in [0.4, 0.5) is 0 Å². The Labute approximate surface area is 469 Å². The van der Waals surface area contributed by atoms with E-state index in [4.69, 9.17) is 14.2 Å². The van der Waals surface area contributed by atoms with E-state index in [0.29, 0.717) is 19.3 Å². The summed E-state index contributed by atoms with van der Waals surface area (Å²) in [4.78, 5) is 38.1. The van der Waals surface area contributed by atoms with Crippen molar-refractivity contribution in [3.05, 3.63) is 122 Å². The molecule has 0 aromatic rings. The maximum Gasteiger partial charge on any atom is 0.306 e. The maximum absolute atomic E-state index is 12.8. The Balaban J connectivity index is 4.31. The number of hydrogen-bond acceptors (Lipinski definition) is 6. The molecule has 0 bridgehead atoms. The van der Waals surface area contributed by atoms with Gasteiger partial charge in [0.15, 0.2) is 6.10 Å². The van der Waals surface area contributed by atoms with E-state index in [9.17, 15) is 14.4 Å². The molecule has 0 aliphatic rings. The van der Waals surface area contributed by atoms with Gasteiger partial charge < -0.3 is 14.2 Å². The molecule has 0 saturated carbocycles. The van der Waals surface area contributed by atoms with Crippen molar-refractivity contribution in [2.24, 2.45) is 0 Å². The molecule has 6 nitrogen and oxygen atoms in total. The molecule has 0 amide bonds. The van der Waals surface area contributed by atoms with Crippen LogP contribution < -0.4 is 0 Å². The molecular formula is C70H116O6. The van der Waals surface area contributed by atoms with E-state index in [-0.39, 0.29) is 31.1 Å². The summed E-state index contributed by atoms with van der Waals surface area (Å²) in [6.45, 7) is 6.49. The summed E-state index contributed by atoms with van der Waals surface area (Å²) in [6, 6.07) is 0. The van der Waals surface area contributed by atoms with Gasteiger partial charge >= 0.3 is 17.9 Å². The quantitative estimate of drug-likeness (QED) is 0.0261. The van der Waals surface area contributed by atoms with Crippen molar-refractivity contribution in [2.75, 3.05) is 13.2 Å². The SMILES string of the molecule is CC/C=C\C/C=C\C/C=C\C/C=C\C/C=C\C/C=C\C/C=C\C/C=C\C/C=C\C/C=C\CCCCC(=O)OCC(COC(=O)CCCCCCCCCCCC)OC(=O)CCCCCCCCCCCCCCCCC. The fourth-order valence-electron chi connectivity index (χ4n) is 8.53. The molecule has 1 atom stereocenters. The average molecular weight is 1050 g/mol. The molecule has 0 saturated heterocycles. The summed E-state index contributed by atoms with van der Waals surface area (Å²) < 4.78 is 16.8. The normalized spacial score (nSPS) is 12.9. The zero-order chi connectivity index (χ0) is 55.0. The van der Waals surface area contributed by atoms with Gasteiger partial charge in [-0.15, -0.1) is 0 Å². The van der Waals surface area contributed by atoms with Gasteiger partial charge in [0.2, 0.25) is 0 Å². The van der Waals surface area contributed by atoms with Gasteiger partial charge in [0.05, 0.1) is 0 Å². The van der Waals surface area contributed by atoms with E-state index >= 15 is 0 Å². The smallest absolute Gasteiger partial charge is 0.306 e. The van der Waals surface area contributed by atoms with Crippen molar-refractivity contribution in [1.82, 2.24) is 0 Å². The van der Waals surface area contributed by atoms with Crippen LogP contribution in [-0.2, 0) is 28.6 Å². The monoisotopic (exact) mass is 1050 g/mol. The molecule has 0 N–H and O–H groups in total. The zero-order valence-electron chi connectivity index (χ0n) is 49.5. The summed E-state index contributed by atoms with van der Waals surface area (Å²) in [6.07, 6.45) is 87.8. The Morgan fingerprint density at radius 1 is 0.276 bits per heavy atom. The fourth-order valence-corrected chi connectivity index (χ4v) is 8.53. The molecule has 0 aliphatic heterocycles. The molecule has 0 fully saturated rings. The molecule has 0 rings (SSSR count). The number of hydrogen-bond donors (Lipinski definition) is 0.